The first-order chi connectivity index (χ1) is 11.8. The smallest absolute Gasteiger partial charge is 0.303 e. The van der Waals surface area contributed by atoms with Gasteiger partial charge in [0.25, 0.3) is 0 Å². The van der Waals surface area contributed by atoms with Crippen molar-refractivity contribution in [1.29, 1.82) is 0 Å². The Labute approximate surface area is 147 Å². The van der Waals surface area contributed by atoms with Gasteiger partial charge in [-0.2, -0.15) is 0 Å². The van der Waals surface area contributed by atoms with Crippen molar-refractivity contribution in [2.45, 2.75) is 31.8 Å². The van der Waals surface area contributed by atoms with Gasteiger partial charge in [0.1, 0.15) is 5.75 Å². The number of carboxylic acids is 1. The summed E-state index contributed by atoms with van der Waals surface area (Å²) in [5.41, 5.74) is 0.211. The summed E-state index contributed by atoms with van der Waals surface area (Å²) >= 11 is 0. The maximum atomic E-state index is 14.2. The van der Waals surface area contributed by atoms with Crippen molar-refractivity contribution in [2.75, 3.05) is 34.3 Å². The van der Waals surface area contributed by atoms with Crippen molar-refractivity contribution < 1.29 is 23.4 Å². The fourth-order valence-corrected chi connectivity index (χ4v) is 3.65. The maximum Gasteiger partial charge on any atom is 0.303 e. The van der Waals surface area contributed by atoms with Crippen LogP contribution in [0.1, 0.15) is 24.8 Å². The van der Waals surface area contributed by atoms with E-state index in [1.165, 1.54) is 13.2 Å². The highest BCUT2D eigenvalue weighted by molar-refractivity contribution is 5.66. The van der Waals surface area contributed by atoms with Crippen LogP contribution in [0.3, 0.4) is 0 Å². The quantitative estimate of drug-likeness (QED) is 0.814. The Balaban J connectivity index is 2.13. The Morgan fingerprint density at radius 2 is 2.12 bits per heavy atom. The molecule has 1 fully saturated rings. The van der Waals surface area contributed by atoms with Crippen LogP contribution in [0.25, 0.3) is 0 Å². The summed E-state index contributed by atoms with van der Waals surface area (Å²) < 4.78 is 32.9. The molecule has 0 spiro atoms. The Bertz CT molecular complexity index is 610. The van der Waals surface area contributed by atoms with Crippen LogP contribution < -0.4 is 4.74 Å². The van der Waals surface area contributed by atoms with E-state index in [2.05, 4.69) is 4.90 Å². The first kappa shape index (κ1) is 19.6. The molecule has 1 aliphatic heterocycles. The van der Waals surface area contributed by atoms with E-state index in [-0.39, 0.29) is 30.5 Å². The van der Waals surface area contributed by atoms with Crippen molar-refractivity contribution in [2.24, 2.45) is 5.92 Å². The van der Waals surface area contributed by atoms with Gasteiger partial charge in [0, 0.05) is 37.7 Å². The average Bonchev–Trinajstić information content (AvgIpc) is 2.57. The summed E-state index contributed by atoms with van der Waals surface area (Å²) in [5, 5.41) is 8.97. The van der Waals surface area contributed by atoms with E-state index in [0.717, 1.165) is 19.0 Å². The van der Waals surface area contributed by atoms with Crippen LogP contribution in [0.4, 0.5) is 8.78 Å². The second-order valence-electron chi connectivity index (χ2n) is 6.79. The van der Waals surface area contributed by atoms with Crippen LogP contribution in [0.5, 0.6) is 5.75 Å². The van der Waals surface area contributed by atoms with Gasteiger partial charge < -0.3 is 14.7 Å². The van der Waals surface area contributed by atoms with Crippen LogP contribution in [-0.2, 0) is 11.3 Å². The maximum absolute atomic E-state index is 14.2. The van der Waals surface area contributed by atoms with Crippen LogP contribution in [0.2, 0.25) is 0 Å². The molecule has 1 heterocycles. The average molecular weight is 356 g/mol. The Morgan fingerprint density at radius 1 is 1.40 bits per heavy atom. The molecule has 1 N–H and O–H groups in total. The summed E-state index contributed by atoms with van der Waals surface area (Å²) in [4.78, 5) is 15.1. The number of halogens is 2. The summed E-state index contributed by atoms with van der Waals surface area (Å²) in [7, 11) is 5.41. The number of hydrogen-bond acceptors (Lipinski definition) is 4. The van der Waals surface area contributed by atoms with Crippen molar-refractivity contribution in [1.82, 2.24) is 9.80 Å². The van der Waals surface area contributed by atoms with Gasteiger partial charge in [0.2, 0.25) is 0 Å². The van der Waals surface area contributed by atoms with E-state index in [0.29, 0.717) is 18.7 Å². The molecule has 0 aliphatic carbocycles. The normalized spacial score (nSPS) is 21.5. The molecule has 2 atom stereocenters. The zero-order chi connectivity index (χ0) is 18.6. The first-order valence-electron chi connectivity index (χ1n) is 8.45. The van der Waals surface area contributed by atoms with Gasteiger partial charge in [0.15, 0.2) is 11.6 Å². The minimum atomic E-state index is -0.888. The molecule has 0 radical (unpaired) electrons. The number of carbonyl (C=O) groups is 1. The standard InChI is InChI=1S/C18H26F2N2O3/c1-21(2)15-8-9-22(10-12(15)4-7-17(23)24)11-13-16(25-3)6-5-14(19)18(13)20/h5-6,12,15H,4,7-11H2,1-3H3,(H,23,24)/t12-,15+/m1/s1. The molecular weight excluding hydrogens is 330 g/mol. The molecule has 2 rings (SSSR count). The van der Waals surface area contributed by atoms with Crippen LogP contribution in [0, 0.1) is 17.6 Å². The van der Waals surface area contributed by atoms with E-state index in [1.807, 2.05) is 19.0 Å². The zero-order valence-electron chi connectivity index (χ0n) is 15.0. The number of piperidine rings is 1. The molecule has 0 unspecified atom stereocenters. The highest BCUT2D eigenvalue weighted by Gasteiger charge is 2.31. The minimum Gasteiger partial charge on any atom is -0.496 e. The van der Waals surface area contributed by atoms with Crippen LogP contribution >= 0.6 is 0 Å². The first-order valence-corrected chi connectivity index (χ1v) is 8.45. The number of hydrogen-bond donors (Lipinski definition) is 1. The molecule has 1 aliphatic rings. The van der Waals surface area contributed by atoms with E-state index >= 15 is 0 Å². The molecule has 1 aromatic rings. The molecule has 0 bridgehead atoms. The lowest BCUT2D eigenvalue weighted by Crippen LogP contribution is -2.48. The van der Waals surface area contributed by atoms with Gasteiger partial charge in [-0.15, -0.1) is 0 Å². The molecule has 7 heteroatoms. The molecule has 140 valence electrons. The number of methoxy groups -OCH3 is 1. The molecule has 0 aromatic heterocycles. The van der Waals surface area contributed by atoms with Crippen molar-refractivity contribution in [3.63, 3.8) is 0 Å². The lowest BCUT2D eigenvalue weighted by atomic mass is 9.87. The second-order valence-corrected chi connectivity index (χ2v) is 6.79. The molecule has 0 saturated carbocycles. The highest BCUT2D eigenvalue weighted by atomic mass is 19.2. The molecule has 25 heavy (non-hydrogen) atoms. The molecule has 1 saturated heterocycles. The van der Waals surface area contributed by atoms with Crippen LogP contribution in [0.15, 0.2) is 12.1 Å². The van der Waals surface area contributed by atoms with E-state index in [1.54, 1.807) is 0 Å². The van der Waals surface area contributed by atoms with Gasteiger partial charge in [-0.3, -0.25) is 9.69 Å². The molecule has 1 aromatic carbocycles. The van der Waals surface area contributed by atoms with Crippen molar-refractivity contribution in [3.05, 3.63) is 29.3 Å². The zero-order valence-corrected chi connectivity index (χ0v) is 15.0. The SMILES string of the molecule is COc1ccc(F)c(F)c1CN1CC[C@H](N(C)C)[C@H](CCC(=O)O)C1. The van der Waals surface area contributed by atoms with Gasteiger partial charge >= 0.3 is 5.97 Å². The number of aliphatic carboxylic acids is 1. The lowest BCUT2D eigenvalue weighted by molar-refractivity contribution is -0.137. The Hall–Kier alpha value is -1.73. The number of rotatable bonds is 7. The molecule has 0 amide bonds. The number of benzene rings is 1. The lowest BCUT2D eigenvalue weighted by Gasteiger charge is -2.41. The predicted molar refractivity (Wildman–Crippen MR) is 90.6 cm³/mol. The summed E-state index contributed by atoms with van der Waals surface area (Å²) in [6.07, 6.45) is 1.54. The van der Waals surface area contributed by atoms with Gasteiger partial charge in [0.05, 0.1) is 7.11 Å². The summed E-state index contributed by atoms with van der Waals surface area (Å²) in [5.74, 6) is -2.08. The Morgan fingerprint density at radius 3 is 2.72 bits per heavy atom. The highest BCUT2D eigenvalue weighted by Crippen LogP contribution is 2.29. The van der Waals surface area contributed by atoms with E-state index in [9.17, 15) is 13.6 Å². The minimum absolute atomic E-state index is 0.112. The van der Waals surface area contributed by atoms with Gasteiger partial charge in [-0.05, 0) is 45.0 Å². The topological polar surface area (TPSA) is 53.0 Å². The number of nitrogens with zero attached hydrogens (tertiary/aromatic N) is 2. The van der Waals surface area contributed by atoms with E-state index < -0.39 is 17.6 Å². The number of carboxylic acid groups (broad SMARTS) is 1. The molecular formula is C18H26F2N2O3. The van der Waals surface area contributed by atoms with Gasteiger partial charge in [-0.1, -0.05) is 0 Å². The summed E-state index contributed by atoms with van der Waals surface area (Å²) in [6, 6.07) is 2.78. The fraction of sp³-hybridized carbons (Fsp3) is 0.611. The molecule has 5 nitrogen and oxygen atoms in total. The van der Waals surface area contributed by atoms with Crippen LogP contribution in [-0.4, -0.2) is 61.2 Å². The Kier molecular flexibility index (Phi) is 6.72. The number of likely N-dealkylation sites (tertiary alicyclic amines) is 1. The van der Waals surface area contributed by atoms with E-state index in [4.69, 9.17) is 9.84 Å². The summed E-state index contributed by atoms with van der Waals surface area (Å²) in [6.45, 7) is 1.64. The van der Waals surface area contributed by atoms with Crippen molar-refractivity contribution in [3.8, 4) is 5.75 Å². The third-order valence-electron chi connectivity index (χ3n) is 4.92. The third kappa shape index (κ3) is 4.89. The largest absolute Gasteiger partial charge is 0.496 e. The van der Waals surface area contributed by atoms with Crippen molar-refractivity contribution >= 4 is 5.97 Å². The second kappa shape index (κ2) is 8.58. The number of ether oxygens (including phenoxy) is 1. The predicted octanol–water partition coefficient (Wildman–Crippen LogP) is 2.59. The monoisotopic (exact) mass is 356 g/mol. The third-order valence-corrected chi connectivity index (χ3v) is 4.92. The van der Waals surface area contributed by atoms with Gasteiger partial charge in [-0.25, -0.2) is 8.78 Å². The fourth-order valence-electron chi connectivity index (χ4n) is 3.65.